The lowest BCUT2D eigenvalue weighted by Gasteiger charge is -2.18. The predicted molar refractivity (Wildman–Crippen MR) is 70.7 cm³/mol. The van der Waals surface area contributed by atoms with E-state index in [1.807, 2.05) is 13.8 Å². The van der Waals surface area contributed by atoms with E-state index in [-0.39, 0.29) is 24.8 Å². The van der Waals surface area contributed by atoms with E-state index in [2.05, 4.69) is 15.3 Å². The number of carboxylic acid groups (broad SMARTS) is 1. The monoisotopic (exact) mass is 305 g/mol. The Hall–Kier alpha value is -1.86. The van der Waals surface area contributed by atoms with Crippen molar-refractivity contribution >= 4 is 11.9 Å². The summed E-state index contributed by atoms with van der Waals surface area (Å²) in [6.07, 6.45) is -2.91. The molecular formula is C13H18F3N3O2. The van der Waals surface area contributed by atoms with Crippen LogP contribution in [0.5, 0.6) is 0 Å². The van der Waals surface area contributed by atoms with Gasteiger partial charge in [0.15, 0.2) is 0 Å². The van der Waals surface area contributed by atoms with Crippen molar-refractivity contribution in [2.24, 2.45) is 11.8 Å². The first-order valence-corrected chi connectivity index (χ1v) is 6.54. The summed E-state index contributed by atoms with van der Waals surface area (Å²) in [7, 11) is 0. The molecule has 1 heterocycles. The van der Waals surface area contributed by atoms with Crippen molar-refractivity contribution in [2.75, 3.05) is 11.9 Å². The van der Waals surface area contributed by atoms with Crippen LogP contribution < -0.4 is 5.32 Å². The molecule has 0 bridgehead atoms. The Kier molecular flexibility index (Phi) is 5.92. The molecule has 1 aromatic heterocycles. The molecule has 21 heavy (non-hydrogen) atoms. The average Bonchev–Trinajstić information content (AvgIpc) is 2.34. The van der Waals surface area contributed by atoms with Gasteiger partial charge in [-0.15, -0.1) is 0 Å². The van der Waals surface area contributed by atoms with Gasteiger partial charge in [-0.05, 0) is 24.3 Å². The SMILES string of the molecule is CC(C)CC(CNc1nccc(C(F)(F)F)n1)CC(=O)O. The molecule has 2 N–H and O–H groups in total. The van der Waals surface area contributed by atoms with Gasteiger partial charge in [-0.3, -0.25) is 4.79 Å². The van der Waals surface area contributed by atoms with Crippen molar-refractivity contribution in [2.45, 2.75) is 32.9 Å². The van der Waals surface area contributed by atoms with E-state index < -0.39 is 17.8 Å². The smallest absolute Gasteiger partial charge is 0.433 e. The maximum absolute atomic E-state index is 12.5. The Morgan fingerprint density at radius 2 is 2.10 bits per heavy atom. The second kappa shape index (κ2) is 7.24. The molecule has 1 rings (SSSR count). The first-order valence-electron chi connectivity index (χ1n) is 6.54. The van der Waals surface area contributed by atoms with Gasteiger partial charge in [0.1, 0.15) is 5.69 Å². The highest BCUT2D eigenvalue weighted by atomic mass is 19.4. The summed E-state index contributed by atoms with van der Waals surface area (Å²) in [5, 5.41) is 11.5. The minimum absolute atomic E-state index is 0.0514. The van der Waals surface area contributed by atoms with Gasteiger partial charge in [0.25, 0.3) is 0 Å². The summed E-state index contributed by atoms with van der Waals surface area (Å²) in [5.74, 6) is -0.990. The zero-order valence-electron chi connectivity index (χ0n) is 11.8. The maximum Gasteiger partial charge on any atom is 0.433 e. The van der Waals surface area contributed by atoms with Crippen molar-refractivity contribution in [3.05, 3.63) is 18.0 Å². The number of nitrogens with zero attached hydrogens (tertiary/aromatic N) is 2. The van der Waals surface area contributed by atoms with E-state index in [9.17, 15) is 18.0 Å². The highest BCUT2D eigenvalue weighted by Crippen LogP contribution is 2.27. The Morgan fingerprint density at radius 1 is 1.43 bits per heavy atom. The third kappa shape index (κ3) is 6.42. The number of hydrogen-bond acceptors (Lipinski definition) is 4. The van der Waals surface area contributed by atoms with Crippen molar-refractivity contribution in [1.29, 1.82) is 0 Å². The molecule has 0 saturated carbocycles. The number of nitrogens with one attached hydrogen (secondary N) is 1. The lowest BCUT2D eigenvalue weighted by molar-refractivity contribution is -0.141. The van der Waals surface area contributed by atoms with Crippen LogP contribution in [0, 0.1) is 11.8 Å². The normalized spacial score (nSPS) is 13.2. The van der Waals surface area contributed by atoms with Crippen LogP contribution in [0.25, 0.3) is 0 Å². The average molecular weight is 305 g/mol. The first-order chi connectivity index (χ1) is 9.68. The molecule has 0 aliphatic heterocycles. The van der Waals surface area contributed by atoms with E-state index in [0.717, 1.165) is 12.3 Å². The zero-order valence-corrected chi connectivity index (χ0v) is 11.8. The number of aromatic nitrogens is 2. The number of carboxylic acids is 1. The summed E-state index contributed by atoms with van der Waals surface area (Å²) >= 11 is 0. The molecular weight excluding hydrogens is 287 g/mol. The molecule has 0 amide bonds. The molecule has 8 heteroatoms. The lowest BCUT2D eigenvalue weighted by atomic mass is 9.94. The van der Waals surface area contributed by atoms with E-state index in [1.54, 1.807) is 0 Å². The fourth-order valence-electron chi connectivity index (χ4n) is 1.99. The number of hydrogen-bond donors (Lipinski definition) is 2. The van der Waals surface area contributed by atoms with Crippen LogP contribution >= 0.6 is 0 Å². The summed E-state index contributed by atoms with van der Waals surface area (Å²) in [4.78, 5) is 17.9. The van der Waals surface area contributed by atoms with Crippen LogP contribution in [0.4, 0.5) is 19.1 Å². The molecule has 1 aromatic rings. The summed E-state index contributed by atoms with van der Waals surface area (Å²) < 4.78 is 37.5. The van der Waals surface area contributed by atoms with Crippen LogP contribution in [0.1, 0.15) is 32.4 Å². The zero-order chi connectivity index (χ0) is 16.0. The quantitative estimate of drug-likeness (QED) is 0.810. The minimum atomic E-state index is -4.53. The van der Waals surface area contributed by atoms with E-state index in [4.69, 9.17) is 5.11 Å². The number of aliphatic carboxylic acids is 1. The van der Waals surface area contributed by atoms with Gasteiger partial charge in [0.05, 0.1) is 0 Å². The number of carbonyl (C=O) groups is 1. The second-order valence-electron chi connectivity index (χ2n) is 5.24. The van der Waals surface area contributed by atoms with Gasteiger partial charge in [0, 0.05) is 19.2 Å². The number of rotatable bonds is 7. The van der Waals surface area contributed by atoms with Crippen LogP contribution in [0.15, 0.2) is 12.3 Å². The third-order valence-corrected chi connectivity index (χ3v) is 2.76. The Balaban J connectivity index is 2.69. The molecule has 0 fully saturated rings. The third-order valence-electron chi connectivity index (χ3n) is 2.76. The van der Waals surface area contributed by atoms with E-state index >= 15 is 0 Å². The van der Waals surface area contributed by atoms with Gasteiger partial charge in [-0.1, -0.05) is 13.8 Å². The van der Waals surface area contributed by atoms with Crippen molar-refractivity contribution in [1.82, 2.24) is 9.97 Å². The topological polar surface area (TPSA) is 75.1 Å². The molecule has 118 valence electrons. The van der Waals surface area contributed by atoms with Gasteiger partial charge in [-0.25, -0.2) is 9.97 Å². The van der Waals surface area contributed by atoms with Crippen molar-refractivity contribution in [3.63, 3.8) is 0 Å². The van der Waals surface area contributed by atoms with Crippen LogP contribution in [0.2, 0.25) is 0 Å². The first kappa shape index (κ1) is 17.2. The maximum atomic E-state index is 12.5. The van der Waals surface area contributed by atoms with Gasteiger partial charge in [0.2, 0.25) is 5.95 Å². The Labute approximate surface area is 120 Å². The molecule has 0 aliphatic rings. The summed E-state index contributed by atoms with van der Waals surface area (Å²) in [5.41, 5.74) is -1.03. The van der Waals surface area contributed by atoms with Crippen LogP contribution in [-0.4, -0.2) is 27.6 Å². The Bertz CT molecular complexity index is 478. The van der Waals surface area contributed by atoms with Crippen molar-refractivity contribution in [3.8, 4) is 0 Å². The highest BCUT2D eigenvalue weighted by Gasteiger charge is 2.32. The summed E-state index contributed by atoms with van der Waals surface area (Å²) in [6.45, 7) is 4.12. The van der Waals surface area contributed by atoms with Crippen molar-refractivity contribution < 1.29 is 23.1 Å². The molecule has 1 unspecified atom stereocenters. The highest BCUT2D eigenvalue weighted by molar-refractivity contribution is 5.67. The largest absolute Gasteiger partial charge is 0.481 e. The molecule has 1 atom stereocenters. The molecule has 0 aliphatic carbocycles. The van der Waals surface area contributed by atoms with Gasteiger partial charge < -0.3 is 10.4 Å². The van der Waals surface area contributed by atoms with Gasteiger partial charge in [-0.2, -0.15) is 13.2 Å². The van der Waals surface area contributed by atoms with E-state index in [0.29, 0.717) is 12.3 Å². The predicted octanol–water partition coefficient (Wildman–Crippen LogP) is 3.04. The van der Waals surface area contributed by atoms with Crippen LogP contribution in [0.3, 0.4) is 0 Å². The van der Waals surface area contributed by atoms with Gasteiger partial charge >= 0.3 is 12.1 Å². The Morgan fingerprint density at radius 3 is 2.62 bits per heavy atom. The second-order valence-corrected chi connectivity index (χ2v) is 5.24. The molecule has 0 radical (unpaired) electrons. The lowest BCUT2D eigenvalue weighted by Crippen LogP contribution is -2.21. The molecule has 0 saturated heterocycles. The molecule has 0 spiro atoms. The fourth-order valence-corrected chi connectivity index (χ4v) is 1.99. The number of alkyl halides is 3. The summed E-state index contributed by atoms with van der Waals surface area (Å²) in [6, 6.07) is 0.786. The molecule has 5 nitrogen and oxygen atoms in total. The van der Waals surface area contributed by atoms with E-state index in [1.165, 1.54) is 0 Å². The number of anilines is 1. The minimum Gasteiger partial charge on any atom is -0.481 e. The van der Waals surface area contributed by atoms with Crippen LogP contribution in [-0.2, 0) is 11.0 Å². The fraction of sp³-hybridized carbons (Fsp3) is 0.615. The standard InChI is InChI=1S/C13H18F3N3O2/c1-8(2)5-9(6-11(20)21)7-18-12-17-4-3-10(19-12)13(14,15)16/h3-4,8-9H,5-7H2,1-2H3,(H,20,21)(H,17,18,19). The number of halogens is 3. The molecule has 0 aromatic carbocycles.